The number of carbonyl (C=O) groups excluding carboxylic acids is 1. The summed E-state index contributed by atoms with van der Waals surface area (Å²) in [4.78, 5) is 12.3. The van der Waals surface area contributed by atoms with Crippen LogP contribution in [-0.4, -0.2) is 29.7 Å². The van der Waals surface area contributed by atoms with Crippen LogP contribution >= 0.6 is 0 Å². The van der Waals surface area contributed by atoms with Crippen molar-refractivity contribution in [3.8, 4) is 0 Å². The van der Waals surface area contributed by atoms with Gasteiger partial charge in [-0.3, -0.25) is 0 Å². The van der Waals surface area contributed by atoms with E-state index in [1.165, 1.54) is 12.1 Å². The Morgan fingerprint density at radius 2 is 2.18 bits per heavy atom. The van der Waals surface area contributed by atoms with Gasteiger partial charge in [-0.05, 0) is 32.3 Å². The predicted molar refractivity (Wildman–Crippen MR) is 78.8 cm³/mol. The van der Waals surface area contributed by atoms with Crippen LogP contribution in [0.3, 0.4) is 0 Å². The Morgan fingerprint density at radius 1 is 1.41 bits per heavy atom. The van der Waals surface area contributed by atoms with Crippen molar-refractivity contribution in [2.75, 3.05) is 13.2 Å². The first-order chi connectivity index (χ1) is 10.5. The maximum absolute atomic E-state index is 13.7. The van der Waals surface area contributed by atoms with E-state index in [2.05, 4.69) is 5.43 Å². The molecule has 1 saturated heterocycles. The molecule has 22 heavy (non-hydrogen) atoms. The van der Waals surface area contributed by atoms with Crippen LogP contribution in [0.4, 0.5) is 8.78 Å². The molecule has 1 fully saturated rings. The summed E-state index contributed by atoms with van der Waals surface area (Å²) in [7, 11) is 0. The molecule has 0 spiro atoms. The lowest BCUT2D eigenvalue weighted by molar-refractivity contribution is -0.158. The van der Waals surface area contributed by atoms with Gasteiger partial charge in [0.25, 0.3) is 0 Å². The molecule has 0 bridgehead atoms. The minimum absolute atomic E-state index is 0.130. The Balaban J connectivity index is 2.10. The normalized spacial score (nSPS) is 22.0. The number of hydrogen-bond donors (Lipinski definition) is 1. The molecule has 0 saturated carbocycles. The van der Waals surface area contributed by atoms with Gasteiger partial charge in [0.05, 0.1) is 6.61 Å². The number of rotatable bonds is 6. The number of halogens is 2. The molecule has 0 unspecified atom stereocenters. The van der Waals surface area contributed by atoms with Crippen LogP contribution in [0.15, 0.2) is 18.2 Å². The van der Waals surface area contributed by atoms with Gasteiger partial charge < -0.3 is 4.74 Å². The Hall–Kier alpha value is -1.53. The van der Waals surface area contributed by atoms with Gasteiger partial charge in [-0.15, -0.1) is 0 Å². The minimum atomic E-state index is -0.868. The summed E-state index contributed by atoms with van der Waals surface area (Å²) in [6.07, 6.45) is 2.15. The fraction of sp³-hybridized carbons (Fsp3) is 0.562. The van der Waals surface area contributed by atoms with Crippen molar-refractivity contribution in [2.45, 2.75) is 45.2 Å². The number of ether oxygens (including phenoxy) is 1. The van der Waals surface area contributed by atoms with Crippen LogP contribution in [0.25, 0.3) is 0 Å². The first-order valence-corrected chi connectivity index (χ1v) is 7.66. The third kappa shape index (κ3) is 3.13. The van der Waals surface area contributed by atoms with E-state index in [0.29, 0.717) is 26.0 Å². The molecule has 1 aliphatic heterocycles. The molecule has 122 valence electrons. The highest BCUT2D eigenvalue weighted by Crippen LogP contribution is 2.32. The molecule has 0 amide bonds. The number of nitrogens with zero attached hydrogens (tertiary/aromatic N) is 1. The summed E-state index contributed by atoms with van der Waals surface area (Å²) < 4.78 is 32.1. The average molecular weight is 312 g/mol. The fourth-order valence-electron chi connectivity index (χ4n) is 2.96. The molecule has 1 aromatic rings. The van der Waals surface area contributed by atoms with Crippen LogP contribution in [0.1, 0.15) is 38.7 Å². The van der Waals surface area contributed by atoms with Crippen molar-refractivity contribution < 1.29 is 18.3 Å². The molecule has 1 atom stereocenters. The van der Waals surface area contributed by atoms with Gasteiger partial charge in [-0.1, -0.05) is 19.1 Å². The number of esters is 1. The predicted octanol–water partition coefficient (Wildman–Crippen LogP) is 2.78. The molecule has 0 radical (unpaired) electrons. The fourth-order valence-corrected chi connectivity index (χ4v) is 2.96. The quantitative estimate of drug-likeness (QED) is 0.820. The minimum Gasteiger partial charge on any atom is -0.465 e. The third-order valence-electron chi connectivity index (χ3n) is 4.22. The summed E-state index contributed by atoms with van der Waals surface area (Å²) in [5.41, 5.74) is 2.59. The van der Waals surface area contributed by atoms with Crippen molar-refractivity contribution in [3.63, 3.8) is 0 Å². The molecule has 0 aliphatic carbocycles. The zero-order valence-electron chi connectivity index (χ0n) is 13.0. The number of carbonyl (C=O) groups is 1. The zero-order valence-corrected chi connectivity index (χ0v) is 13.0. The van der Waals surface area contributed by atoms with Gasteiger partial charge in [-0.25, -0.2) is 24.0 Å². The van der Waals surface area contributed by atoms with Gasteiger partial charge >= 0.3 is 5.97 Å². The summed E-state index contributed by atoms with van der Waals surface area (Å²) in [6.45, 7) is 4.83. The molecule has 4 nitrogen and oxygen atoms in total. The smallest absolute Gasteiger partial charge is 0.327 e. The summed E-state index contributed by atoms with van der Waals surface area (Å²) in [5.74, 6) is -1.98. The molecule has 1 aromatic carbocycles. The van der Waals surface area contributed by atoms with E-state index < -0.39 is 17.2 Å². The first-order valence-electron chi connectivity index (χ1n) is 7.66. The van der Waals surface area contributed by atoms with Gasteiger partial charge in [0.15, 0.2) is 11.6 Å². The number of hydrogen-bond acceptors (Lipinski definition) is 4. The van der Waals surface area contributed by atoms with Crippen molar-refractivity contribution in [2.24, 2.45) is 0 Å². The van der Waals surface area contributed by atoms with E-state index in [9.17, 15) is 13.6 Å². The Bertz CT molecular complexity index is 539. The van der Waals surface area contributed by atoms with Crippen molar-refractivity contribution in [1.82, 2.24) is 10.4 Å². The summed E-state index contributed by atoms with van der Waals surface area (Å²) >= 11 is 0. The highest BCUT2D eigenvalue weighted by molar-refractivity contribution is 5.81. The van der Waals surface area contributed by atoms with E-state index in [0.717, 1.165) is 12.5 Å². The van der Waals surface area contributed by atoms with Crippen LogP contribution in [-0.2, 0) is 16.1 Å². The Morgan fingerprint density at radius 3 is 2.86 bits per heavy atom. The zero-order chi connectivity index (χ0) is 16.2. The van der Waals surface area contributed by atoms with E-state index in [1.807, 2.05) is 11.9 Å². The maximum atomic E-state index is 13.7. The highest BCUT2D eigenvalue weighted by atomic mass is 19.2. The van der Waals surface area contributed by atoms with E-state index in [4.69, 9.17) is 4.74 Å². The lowest BCUT2D eigenvalue weighted by Gasteiger charge is -2.35. The second kappa shape index (κ2) is 7.15. The van der Waals surface area contributed by atoms with Crippen molar-refractivity contribution in [1.29, 1.82) is 0 Å². The second-order valence-corrected chi connectivity index (χ2v) is 5.41. The van der Waals surface area contributed by atoms with Crippen LogP contribution in [0, 0.1) is 11.6 Å². The maximum Gasteiger partial charge on any atom is 0.327 e. The third-order valence-corrected chi connectivity index (χ3v) is 4.22. The average Bonchev–Trinajstić information content (AvgIpc) is 2.93. The van der Waals surface area contributed by atoms with Crippen LogP contribution < -0.4 is 5.43 Å². The number of benzene rings is 1. The molecule has 0 aromatic heterocycles. The monoisotopic (exact) mass is 312 g/mol. The van der Waals surface area contributed by atoms with E-state index in [-0.39, 0.29) is 18.1 Å². The first kappa shape index (κ1) is 16.8. The van der Waals surface area contributed by atoms with Crippen molar-refractivity contribution >= 4 is 5.97 Å². The molecular formula is C16H22F2N2O2. The van der Waals surface area contributed by atoms with Crippen molar-refractivity contribution in [3.05, 3.63) is 35.4 Å². The lowest BCUT2D eigenvalue weighted by atomic mass is 9.94. The standard InChI is InChI=1S/C16H22F2N2O2/c1-3-16(15(21)22-4-2)9-6-10-20(16)19-11-12-7-5-8-13(17)14(12)18/h5,7-8,19H,3-4,6,9-11H2,1-2H3/t16-/m1/s1. The van der Waals surface area contributed by atoms with Gasteiger partial charge in [0.2, 0.25) is 0 Å². The number of hydrazine groups is 1. The van der Waals surface area contributed by atoms with Gasteiger partial charge in [0.1, 0.15) is 5.54 Å². The highest BCUT2D eigenvalue weighted by Gasteiger charge is 2.47. The Labute approximate surface area is 129 Å². The molecular weight excluding hydrogens is 290 g/mol. The SMILES string of the molecule is CCOC(=O)[C@@]1(CC)CCCN1NCc1cccc(F)c1F. The molecule has 1 aliphatic rings. The van der Waals surface area contributed by atoms with E-state index >= 15 is 0 Å². The second-order valence-electron chi connectivity index (χ2n) is 5.41. The van der Waals surface area contributed by atoms with Gasteiger partial charge in [-0.2, -0.15) is 0 Å². The molecule has 6 heteroatoms. The Kier molecular flexibility index (Phi) is 5.47. The number of nitrogens with one attached hydrogen (secondary N) is 1. The van der Waals surface area contributed by atoms with Gasteiger partial charge in [0, 0.05) is 18.7 Å². The largest absolute Gasteiger partial charge is 0.465 e. The molecule has 1 heterocycles. The topological polar surface area (TPSA) is 41.6 Å². The summed E-state index contributed by atoms with van der Waals surface area (Å²) in [6, 6.07) is 4.08. The van der Waals surface area contributed by atoms with E-state index in [1.54, 1.807) is 6.92 Å². The van der Waals surface area contributed by atoms with Crippen LogP contribution in [0.2, 0.25) is 0 Å². The van der Waals surface area contributed by atoms with Crippen LogP contribution in [0.5, 0.6) is 0 Å². The molecule has 2 rings (SSSR count). The molecule has 1 N–H and O–H groups in total. The lowest BCUT2D eigenvalue weighted by Crippen LogP contribution is -2.56. The summed E-state index contributed by atoms with van der Waals surface area (Å²) in [5, 5.41) is 1.81.